The fourth-order valence-corrected chi connectivity index (χ4v) is 2.69. The lowest BCUT2D eigenvalue weighted by Gasteiger charge is -2.11. The molecule has 0 radical (unpaired) electrons. The highest BCUT2D eigenvalue weighted by Gasteiger charge is 2.03. The number of aromatic nitrogens is 2. The number of anilines is 3. The Morgan fingerprint density at radius 2 is 1.81 bits per heavy atom. The molecular weight excluding hydrogens is 324 g/mol. The molecule has 0 aliphatic carbocycles. The molecule has 0 bridgehead atoms. The average Bonchev–Trinajstić information content (AvgIpc) is 2.65. The molecule has 2 N–H and O–H groups in total. The third-order valence-electron chi connectivity index (χ3n) is 4.18. The van der Waals surface area contributed by atoms with Gasteiger partial charge in [-0.05, 0) is 55.2 Å². The van der Waals surface area contributed by atoms with Crippen molar-refractivity contribution < 1.29 is 4.74 Å². The summed E-state index contributed by atoms with van der Waals surface area (Å²) in [6.45, 7) is 4.94. The maximum Gasteiger partial charge on any atom is 0.135 e. The van der Waals surface area contributed by atoms with Gasteiger partial charge in [0.25, 0.3) is 0 Å². The molecule has 3 aromatic rings. The van der Waals surface area contributed by atoms with Crippen LogP contribution in [0.1, 0.15) is 16.7 Å². The van der Waals surface area contributed by atoms with Crippen LogP contribution >= 0.6 is 0 Å². The van der Waals surface area contributed by atoms with Crippen LogP contribution in [0.15, 0.2) is 54.9 Å². The third-order valence-corrected chi connectivity index (χ3v) is 4.18. The smallest absolute Gasteiger partial charge is 0.135 e. The molecule has 26 heavy (non-hydrogen) atoms. The molecule has 2 aromatic carbocycles. The molecule has 1 heterocycles. The number of aryl methyl sites for hydroxylation is 2. The van der Waals surface area contributed by atoms with Crippen LogP contribution in [0, 0.1) is 13.8 Å². The Kier molecular flexibility index (Phi) is 5.69. The molecule has 0 fully saturated rings. The largest absolute Gasteiger partial charge is 0.497 e. The van der Waals surface area contributed by atoms with Crippen molar-refractivity contribution in [3.63, 3.8) is 0 Å². The van der Waals surface area contributed by atoms with E-state index in [1.54, 1.807) is 13.4 Å². The van der Waals surface area contributed by atoms with E-state index in [1.165, 1.54) is 16.7 Å². The summed E-state index contributed by atoms with van der Waals surface area (Å²) in [5.41, 5.74) is 4.68. The first-order valence-corrected chi connectivity index (χ1v) is 8.67. The zero-order chi connectivity index (χ0) is 18.4. The lowest BCUT2D eigenvalue weighted by atomic mass is 10.1. The van der Waals surface area contributed by atoms with Gasteiger partial charge < -0.3 is 15.4 Å². The fraction of sp³-hybridized carbons (Fsp3) is 0.238. The molecule has 0 spiro atoms. The van der Waals surface area contributed by atoms with Gasteiger partial charge in [0.2, 0.25) is 0 Å². The van der Waals surface area contributed by atoms with Crippen molar-refractivity contribution in [3.05, 3.63) is 71.5 Å². The van der Waals surface area contributed by atoms with Crippen molar-refractivity contribution in [3.8, 4) is 5.75 Å². The van der Waals surface area contributed by atoms with E-state index in [2.05, 4.69) is 64.8 Å². The first-order valence-electron chi connectivity index (χ1n) is 8.67. The Balaban J connectivity index is 1.61. The normalized spacial score (nSPS) is 10.4. The van der Waals surface area contributed by atoms with Crippen LogP contribution < -0.4 is 15.4 Å². The van der Waals surface area contributed by atoms with Crippen molar-refractivity contribution in [1.29, 1.82) is 0 Å². The maximum atomic E-state index is 5.26. The third kappa shape index (κ3) is 4.72. The number of hydrogen-bond acceptors (Lipinski definition) is 5. The Labute approximate surface area is 154 Å². The number of hydrogen-bond donors (Lipinski definition) is 2. The van der Waals surface area contributed by atoms with E-state index in [0.29, 0.717) is 0 Å². The molecule has 0 aliphatic heterocycles. The molecule has 5 nitrogen and oxygen atoms in total. The number of benzene rings is 2. The number of nitrogens with zero attached hydrogens (tertiary/aromatic N) is 2. The second-order valence-electron chi connectivity index (χ2n) is 6.26. The van der Waals surface area contributed by atoms with E-state index in [9.17, 15) is 0 Å². The fourth-order valence-electron chi connectivity index (χ4n) is 2.69. The Morgan fingerprint density at radius 1 is 0.962 bits per heavy atom. The summed E-state index contributed by atoms with van der Waals surface area (Å²) in [6.07, 6.45) is 2.46. The highest BCUT2D eigenvalue weighted by molar-refractivity contribution is 5.63. The minimum Gasteiger partial charge on any atom is -0.497 e. The van der Waals surface area contributed by atoms with Crippen molar-refractivity contribution in [1.82, 2.24) is 9.97 Å². The highest BCUT2D eigenvalue weighted by Crippen LogP contribution is 2.21. The highest BCUT2D eigenvalue weighted by atomic mass is 16.5. The lowest BCUT2D eigenvalue weighted by Crippen LogP contribution is -2.07. The topological polar surface area (TPSA) is 59.1 Å². The predicted octanol–water partition coefficient (Wildman–Crippen LogP) is 4.50. The molecular formula is C21H24N4O. The van der Waals surface area contributed by atoms with Crippen molar-refractivity contribution >= 4 is 17.3 Å². The van der Waals surface area contributed by atoms with Gasteiger partial charge in [-0.25, -0.2) is 9.97 Å². The molecule has 0 amide bonds. The second-order valence-corrected chi connectivity index (χ2v) is 6.26. The summed E-state index contributed by atoms with van der Waals surface area (Å²) in [7, 11) is 1.68. The first-order chi connectivity index (χ1) is 12.6. The van der Waals surface area contributed by atoms with Gasteiger partial charge in [0.1, 0.15) is 23.7 Å². The molecule has 0 saturated carbocycles. The molecule has 0 unspecified atom stereocenters. The lowest BCUT2D eigenvalue weighted by molar-refractivity contribution is 0.414. The van der Waals surface area contributed by atoms with E-state index in [4.69, 9.17) is 4.74 Å². The van der Waals surface area contributed by atoms with Crippen LogP contribution in [0.3, 0.4) is 0 Å². The zero-order valence-corrected chi connectivity index (χ0v) is 15.4. The van der Waals surface area contributed by atoms with Gasteiger partial charge in [-0.1, -0.05) is 24.3 Å². The van der Waals surface area contributed by atoms with E-state index in [-0.39, 0.29) is 0 Å². The molecule has 3 rings (SSSR count). The van der Waals surface area contributed by atoms with Gasteiger partial charge in [0.15, 0.2) is 0 Å². The molecule has 0 saturated heterocycles. The molecule has 5 heteroatoms. The Bertz CT molecular complexity index is 879. The van der Waals surface area contributed by atoms with Gasteiger partial charge >= 0.3 is 0 Å². The van der Waals surface area contributed by atoms with E-state index < -0.39 is 0 Å². The standard InChI is InChI=1S/C21H24N4O/c1-15-7-8-16(2)19(11-15)25-21-13-20(23-14-24-21)22-10-9-17-5-4-6-18(12-17)26-3/h4-8,11-14H,9-10H2,1-3H3,(H2,22,23,24,25). The number of ether oxygens (including phenoxy) is 1. The van der Waals surface area contributed by atoms with Crippen LogP contribution in [-0.4, -0.2) is 23.6 Å². The quantitative estimate of drug-likeness (QED) is 0.658. The van der Waals surface area contributed by atoms with E-state index >= 15 is 0 Å². The van der Waals surface area contributed by atoms with Gasteiger partial charge in [-0.15, -0.1) is 0 Å². The second kappa shape index (κ2) is 8.34. The van der Waals surface area contributed by atoms with Gasteiger partial charge in [0, 0.05) is 18.3 Å². The summed E-state index contributed by atoms with van der Waals surface area (Å²) in [5, 5.41) is 6.72. The molecule has 134 valence electrons. The average molecular weight is 348 g/mol. The van der Waals surface area contributed by atoms with Gasteiger partial charge in [-0.2, -0.15) is 0 Å². The SMILES string of the molecule is COc1cccc(CCNc2cc(Nc3cc(C)ccc3C)ncn2)c1. The number of nitrogens with one attached hydrogen (secondary N) is 2. The van der Waals surface area contributed by atoms with Crippen molar-refractivity contribution in [2.24, 2.45) is 0 Å². The maximum absolute atomic E-state index is 5.26. The monoisotopic (exact) mass is 348 g/mol. The predicted molar refractivity (Wildman–Crippen MR) is 106 cm³/mol. The molecule has 0 aliphatic rings. The van der Waals surface area contributed by atoms with Crippen molar-refractivity contribution in [2.75, 3.05) is 24.3 Å². The number of rotatable bonds is 7. The molecule has 0 atom stereocenters. The zero-order valence-electron chi connectivity index (χ0n) is 15.4. The Morgan fingerprint density at radius 3 is 2.65 bits per heavy atom. The summed E-state index contributed by atoms with van der Waals surface area (Å²) in [5.74, 6) is 2.46. The minimum absolute atomic E-state index is 0.776. The van der Waals surface area contributed by atoms with Crippen LogP contribution in [-0.2, 0) is 6.42 Å². The molecule has 1 aromatic heterocycles. The van der Waals surface area contributed by atoms with Crippen LogP contribution in [0.4, 0.5) is 17.3 Å². The van der Waals surface area contributed by atoms with Crippen molar-refractivity contribution in [2.45, 2.75) is 20.3 Å². The van der Waals surface area contributed by atoms with E-state index in [1.807, 2.05) is 18.2 Å². The summed E-state index contributed by atoms with van der Waals surface area (Å²) < 4.78 is 5.26. The minimum atomic E-state index is 0.776. The van der Waals surface area contributed by atoms with Crippen LogP contribution in [0.5, 0.6) is 5.75 Å². The van der Waals surface area contributed by atoms with Crippen LogP contribution in [0.2, 0.25) is 0 Å². The summed E-state index contributed by atoms with van der Waals surface area (Å²) >= 11 is 0. The van der Waals surface area contributed by atoms with Crippen LogP contribution in [0.25, 0.3) is 0 Å². The van der Waals surface area contributed by atoms with E-state index in [0.717, 1.165) is 36.0 Å². The first kappa shape index (κ1) is 17.7. The summed E-state index contributed by atoms with van der Waals surface area (Å²) in [4.78, 5) is 8.61. The summed E-state index contributed by atoms with van der Waals surface area (Å²) in [6, 6.07) is 16.4. The van der Waals surface area contributed by atoms with Gasteiger partial charge in [0.05, 0.1) is 7.11 Å². The van der Waals surface area contributed by atoms with Gasteiger partial charge in [-0.3, -0.25) is 0 Å². The number of methoxy groups -OCH3 is 1. The Hall–Kier alpha value is -3.08.